The fourth-order valence-corrected chi connectivity index (χ4v) is 5.45. The number of anilines is 1. The first kappa shape index (κ1) is 22.6. The lowest BCUT2D eigenvalue weighted by Crippen LogP contribution is -2.40. The normalized spacial score (nSPS) is 13.7. The molecule has 9 heteroatoms. The number of rotatable bonds is 5. The van der Waals surface area contributed by atoms with Crippen LogP contribution in [0, 0.1) is 13.8 Å². The number of nitrogens with zero attached hydrogens (tertiary/aromatic N) is 4. The summed E-state index contributed by atoms with van der Waals surface area (Å²) in [5, 5.41) is 1.23. The molecule has 34 heavy (non-hydrogen) atoms. The Kier molecular flexibility index (Phi) is 5.87. The number of halogens is 1. The number of benzene rings is 2. The Morgan fingerprint density at radius 1 is 1.06 bits per heavy atom. The average molecular weight is 495 g/mol. The summed E-state index contributed by atoms with van der Waals surface area (Å²) in [5.74, 6) is -0.262. The molecule has 2 aromatic carbocycles. The Bertz CT molecular complexity index is 1530. The minimum Gasteiger partial charge on any atom is -0.348 e. The fraction of sp³-hybridized carbons (Fsp3) is 0.280. The molecular weight excluding hydrogens is 472 g/mol. The molecule has 0 unspecified atom stereocenters. The summed E-state index contributed by atoms with van der Waals surface area (Å²) in [5.41, 5.74) is 2.02. The summed E-state index contributed by atoms with van der Waals surface area (Å²) in [7, 11) is 0. The summed E-state index contributed by atoms with van der Waals surface area (Å²) in [6.45, 7) is 5.30. The second kappa shape index (κ2) is 8.85. The number of Topliss-reactive ketones (excluding diaryl/α,β-unsaturated/α-hetero) is 1. The van der Waals surface area contributed by atoms with Crippen LogP contribution in [0.4, 0.5) is 5.13 Å². The van der Waals surface area contributed by atoms with E-state index in [4.69, 9.17) is 11.6 Å². The van der Waals surface area contributed by atoms with Gasteiger partial charge in [-0.1, -0.05) is 35.1 Å². The van der Waals surface area contributed by atoms with E-state index in [0.717, 1.165) is 37.1 Å². The standard InChI is InChI=1S/C25H23ClN4O3S/c1-15-6-5-7-19(16(15)2)30-23(32)21-22(27-24(34-21)28-12-3-4-13-28)29(25(30)33)14-20(31)17-8-10-18(26)11-9-17/h5-11H,3-4,12-14H2,1-2H3. The molecule has 3 heterocycles. The van der Waals surface area contributed by atoms with Crippen LogP contribution in [0.2, 0.25) is 5.02 Å². The van der Waals surface area contributed by atoms with E-state index in [0.29, 0.717) is 26.1 Å². The smallest absolute Gasteiger partial charge is 0.337 e. The molecule has 2 aromatic heterocycles. The highest BCUT2D eigenvalue weighted by molar-refractivity contribution is 7.22. The quantitative estimate of drug-likeness (QED) is 0.385. The summed E-state index contributed by atoms with van der Waals surface area (Å²) in [4.78, 5) is 47.2. The molecule has 0 spiro atoms. The van der Waals surface area contributed by atoms with Crippen molar-refractivity contribution in [2.75, 3.05) is 18.0 Å². The van der Waals surface area contributed by atoms with Crippen molar-refractivity contribution in [2.45, 2.75) is 33.2 Å². The minimum absolute atomic E-state index is 0.231. The molecule has 7 nitrogen and oxygen atoms in total. The van der Waals surface area contributed by atoms with Gasteiger partial charge >= 0.3 is 5.69 Å². The summed E-state index contributed by atoms with van der Waals surface area (Å²) in [6, 6.07) is 12.0. The molecule has 0 saturated carbocycles. The predicted octanol–water partition coefficient (Wildman–Crippen LogP) is 4.36. The Hall–Kier alpha value is -3.23. The molecule has 0 radical (unpaired) electrons. The number of hydrogen-bond donors (Lipinski definition) is 0. The second-order valence-electron chi connectivity index (χ2n) is 8.50. The van der Waals surface area contributed by atoms with Gasteiger partial charge < -0.3 is 4.90 Å². The van der Waals surface area contributed by atoms with Gasteiger partial charge in [-0.15, -0.1) is 0 Å². The van der Waals surface area contributed by atoms with E-state index in [1.54, 1.807) is 30.3 Å². The molecule has 1 aliphatic heterocycles. The SMILES string of the molecule is Cc1cccc(-n2c(=O)c3sc(N4CCCC4)nc3n(CC(=O)c3ccc(Cl)cc3)c2=O)c1C. The molecular formula is C25H23ClN4O3S. The van der Waals surface area contributed by atoms with Crippen LogP contribution >= 0.6 is 22.9 Å². The second-order valence-corrected chi connectivity index (χ2v) is 9.92. The van der Waals surface area contributed by atoms with Crippen molar-refractivity contribution in [2.24, 2.45) is 0 Å². The third-order valence-electron chi connectivity index (χ3n) is 6.33. The van der Waals surface area contributed by atoms with E-state index in [-0.39, 0.29) is 18.0 Å². The van der Waals surface area contributed by atoms with E-state index in [9.17, 15) is 14.4 Å². The van der Waals surface area contributed by atoms with Crippen LogP contribution in [-0.4, -0.2) is 33.0 Å². The van der Waals surface area contributed by atoms with Crippen LogP contribution in [-0.2, 0) is 6.54 Å². The van der Waals surface area contributed by atoms with Gasteiger partial charge in [0.05, 0.1) is 12.2 Å². The number of aromatic nitrogens is 3. The van der Waals surface area contributed by atoms with Crippen molar-refractivity contribution in [1.29, 1.82) is 0 Å². The Morgan fingerprint density at radius 2 is 1.76 bits per heavy atom. The lowest BCUT2D eigenvalue weighted by molar-refractivity contribution is 0.0971. The topological polar surface area (TPSA) is 77.2 Å². The summed E-state index contributed by atoms with van der Waals surface area (Å²) < 4.78 is 2.86. The van der Waals surface area contributed by atoms with Gasteiger partial charge in [-0.25, -0.2) is 14.3 Å². The molecule has 1 fully saturated rings. The van der Waals surface area contributed by atoms with Crippen LogP contribution in [0.1, 0.15) is 34.3 Å². The summed E-state index contributed by atoms with van der Waals surface area (Å²) >= 11 is 7.24. The van der Waals surface area contributed by atoms with Crippen LogP contribution in [0.15, 0.2) is 52.1 Å². The van der Waals surface area contributed by atoms with Crippen molar-refractivity contribution in [1.82, 2.24) is 14.1 Å². The van der Waals surface area contributed by atoms with Gasteiger partial charge in [0.15, 0.2) is 16.6 Å². The van der Waals surface area contributed by atoms with Crippen LogP contribution in [0.5, 0.6) is 0 Å². The van der Waals surface area contributed by atoms with Gasteiger partial charge in [0.2, 0.25) is 0 Å². The van der Waals surface area contributed by atoms with Crippen LogP contribution in [0.25, 0.3) is 16.0 Å². The first-order valence-electron chi connectivity index (χ1n) is 11.1. The highest BCUT2D eigenvalue weighted by atomic mass is 35.5. The first-order valence-corrected chi connectivity index (χ1v) is 12.3. The number of fused-ring (bicyclic) bond motifs is 1. The van der Waals surface area contributed by atoms with Crippen LogP contribution < -0.4 is 16.1 Å². The highest BCUT2D eigenvalue weighted by Crippen LogP contribution is 2.29. The lowest BCUT2D eigenvalue weighted by Gasteiger charge is -2.14. The third-order valence-corrected chi connectivity index (χ3v) is 7.68. The van der Waals surface area contributed by atoms with Crippen molar-refractivity contribution >= 4 is 44.2 Å². The van der Waals surface area contributed by atoms with E-state index >= 15 is 0 Å². The molecule has 0 bridgehead atoms. The zero-order valence-electron chi connectivity index (χ0n) is 18.9. The number of aryl methyl sites for hydroxylation is 1. The number of thiazole rings is 1. The molecule has 1 aliphatic rings. The zero-order chi connectivity index (χ0) is 24.0. The van der Waals surface area contributed by atoms with Gasteiger partial charge in [-0.2, -0.15) is 0 Å². The van der Waals surface area contributed by atoms with Crippen molar-refractivity contribution in [3.05, 3.63) is 85.0 Å². The Labute approximate surface area is 204 Å². The summed E-state index contributed by atoms with van der Waals surface area (Å²) in [6.07, 6.45) is 2.12. The largest absolute Gasteiger partial charge is 0.348 e. The zero-order valence-corrected chi connectivity index (χ0v) is 20.4. The highest BCUT2D eigenvalue weighted by Gasteiger charge is 2.24. The van der Waals surface area contributed by atoms with Gasteiger partial charge in [0.1, 0.15) is 4.70 Å². The maximum absolute atomic E-state index is 13.7. The monoisotopic (exact) mass is 494 g/mol. The number of ketones is 1. The van der Waals surface area contributed by atoms with E-state index in [1.807, 2.05) is 26.0 Å². The maximum Gasteiger partial charge on any atom is 0.337 e. The molecule has 0 N–H and O–H groups in total. The molecule has 0 aliphatic carbocycles. The maximum atomic E-state index is 13.7. The average Bonchev–Trinajstić information content (AvgIpc) is 3.50. The molecule has 0 amide bonds. The molecule has 1 saturated heterocycles. The minimum atomic E-state index is -0.577. The number of carbonyl (C=O) groups is 1. The van der Waals surface area contributed by atoms with E-state index in [1.165, 1.54) is 20.5 Å². The molecule has 4 aromatic rings. The predicted molar refractivity (Wildman–Crippen MR) is 136 cm³/mol. The van der Waals surface area contributed by atoms with E-state index < -0.39 is 11.2 Å². The number of hydrogen-bond acceptors (Lipinski definition) is 6. The van der Waals surface area contributed by atoms with Gasteiger partial charge in [0.25, 0.3) is 5.56 Å². The first-order chi connectivity index (χ1) is 16.3. The lowest BCUT2D eigenvalue weighted by atomic mass is 10.1. The van der Waals surface area contributed by atoms with Crippen LogP contribution in [0.3, 0.4) is 0 Å². The number of carbonyl (C=O) groups excluding carboxylic acids is 1. The Balaban J connectivity index is 1.74. The Morgan fingerprint density at radius 3 is 2.47 bits per heavy atom. The molecule has 5 rings (SSSR count). The van der Waals surface area contributed by atoms with Gasteiger partial charge in [-0.05, 0) is 68.1 Å². The van der Waals surface area contributed by atoms with Crippen molar-refractivity contribution in [3.8, 4) is 5.69 Å². The third kappa shape index (κ3) is 3.86. The van der Waals surface area contributed by atoms with Crippen molar-refractivity contribution in [3.63, 3.8) is 0 Å². The van der Waals surface area contributed by atoms with E-state index in [2.05, 4.69) is 9.88 Å². The van der Waals surface area contributed by atoms with Gasteiger partial charge in [-0.3, -0.25) is 14.2 Å². The molecule has 174 valence electrons. The van der Waals surface area contributed by atoms with Crippen molar-refractivity contribution < 1.29 is 4.79 Å². The molecule has 0 atom stereocenters. The van der Waals surface area contributed by atoms with Gasteiger partial charge in [0, 0.05) is 23.7 Å². The fourth-order valence-electron chi connectivity index (χ4n) is 4.27.